The molecule has 0 saturated carbocycles. The molecule has 0 aromatic heterocycles. The van der Waals surface area contributed by atoms with Crippen LogP contribution < -0.4 is 24.8 Å². The van der Waals surface area contributed by atoms with E-state index in [1.165, 1.54) is 0 Å². The summed E-state index contributed by atoms with van der Waals surface area (Å²) in [5.41, 5.74) is 1.55. The fraction of sp³-hybridized carbons (Fsp3) is 0.333. The molecule has 1 unspecified atom stereocenters. The number of carbonyl (C=O) groups is 2. The molecule has 3 amide bonds. The first-order valence-corrected chi connectivity index (χ1v) is 9.31. The average Bonchev–Trinajstić information content (AvgIpc) is 2.73. The number of rotatable bonds is 6. The summed E-state index contributed by atoms with van der Waals surface area (Å²) in [5, 5.41) is 5.01. The predicted molar refractivity (Wildman–Crippen MR) is 109 cm³/mol. The van der Waals surface area contributed by atoms with E-state index in [9.17, 15) is 9.59 Å². The van der Waals surface area contributed by atoms with E-state index in [-0.39, 0.29) is 0 Å². The molecule has 8 heteroatoms. The quantitative estimate of drug-likeness (QED) is 0.776. The van der Waals surface area contributed by atoms with Crippen LogP contribution in [0.2, 0.25) is 0 Å². The summed E-state index contributed by atoms with van der Waals surface area (Å²) in [6, 6.07) is 11.6. The van der Waals surface area contributed by atoms with E-state index in [2.05, 4.69) is 10.6 Å². The van der Waals surface area contributed by atoms with Gasteiger partial charge in [-0.15, -0.1) is 0 Å². The van der Waals surface area contributed by atoms with Crippen molar-refractivity contribution in [2.24, 2.45) is 0 Å². The molecule has 0 spiro atoms. The molecule has 2 aromatic rings. The molecule has 0 aliphatic carbocycles. The molecular formula is C21H25N3O5. The maximum Gasteiger partial charge on any atom is 0.325 e. The highest BCUT2D eigenvalue weighted by Gasteiger charge is 2.21. The van der Waals surface area contributed by atoms with Crippen molar-refractivity contribution < 1.29 is 23.8 Å². The molecule has 0 saturated heterocycles. The Kier molecular flexibility index (Phi) is 6.56. The fourth-order valence-corrected chi connectivity index (χ4v) is 2.86. The van der Waals surface area contributed by atoms with E-state index in [1.807, 2.05) is 36.2 Å². The van der Waals surface area contributed by atoms with Crippen LogP contribution in [0.5, 0.6) is 17.2 Å². The van der Waals surface area contributed by atoms with Crippen LogP contribution in [0.1, 0.15) is 12.5 Å². The van der Waals surface area contributed by atoms with E-state index in [0.717, 1.165) is 11.3 Å². The SMILES string of the molecule is COc1ccc(CN(C)C(C)C(=O)NC(=O)Nc2ccc3c(c2)OCCO3)cc1. The second kappa shape index (κ2) is 9.29. The number of nitrogens with one attached hydrogen (secondary N) is 2. The average molecular weight is 399 g/mol. The van der Waals surface area contributed by atoms with Crippen LogP contribution in [0.15, 0.2) is 42.5 Å². The zero-order valence-electron chi connectivity index (χ0n) is 16.7. The van der Waals surface area contributed by atoms with Gasteiger partial charge in [-0.2, -0.15) is 0 Å². The van der Waals surface area contributed by atoms with Crippen LogP contribution >= 0.6 is 0 Å². The standard InChI is InChI=1S/C21H25N3O5/c1-14(24(2)13-15-4-7-17(27-3)8-5-15)20(25)23-21(26)22-16-6-9-18-19(12-16)29-11-10-28-18/h4-9,12,14H,10-11,13H2,1-3H3,(H2,22,23,25,26). The summed E-state index contributed by atoms with van der Waals surface area (Å²) in [6.07, 6.45) is 0. The van der Waals surface area contributed by atoms with Gasteiger partial charge >= 0.3 is 6.03 Å². The minimum absolute atomic E-state index is 0.393. The number of methoxy groups -OCH3 is 1. The van der Waals surface area contributed by atoms with Gasteiger partial charge in [-0.05, 0) is 43.8 Å². The molecule has 0 radical (unpaired) electrons. The van der Waals surface area contributed by atoms with Crippen LogP contribution in [0, 0.1) is 0 Å². The second-order valence-corrected chi connectivity index (χ2v) is 6.74. The number of amides is 3. The highest BCUT2D eigenvalue weighted by molar-refractivity contribution is 6.02. The van der Waals surface area contributed by atoms with Gasteiger partial charge in [-0.1, -0.05) is 12.1 Å². The molecule has 0 bridgehead atoms. The van der Waals surface area contributed by atoms with Gasteiger partial charge in [0, 0.05) is 18.3 Å². The number of urea groups is 1. The number of ether oxygens (including phenoxy) is 3. The largest absolute Gasteiger partial charge is 0.497 e. The third kappa shape index (κ3) is 5.39. The third-order valence-corrected chi connectivity index (χ3v) is 4.67. The summed E-state index contributed by atoms with van der Waals surface area (Å²) < 4.78 is 16.1. The molecule has 2 aromatic carbocycles. The van der Waals surface area contributed by atoms with Crippen LogP contribution in [0.25, 0.3) is 0 Å². The smallest absolute Gasteiger partial charge is 0.325 e. The van der Waals surface area contributed by atoms with Crippen molar-refractivity contribution in [1.82, 2.24) is 10.2 Å². The van der Waals surface area contributed by atoms with Crippen molar-refractivity contribution in [3.05, 3.63) is 48.0 Å². The van der Waals surface area contributed by atoms with Gasteiger partial charge < -0.3 is 19.5 Å². The molecule has 0 fully saturated rings. The lowest BCUT2D eigenvalue weighted by Gasteiger charge is -2.24. The zero-order valence-corrected chi connectivity index (χ0v) is 16.7. The van der Waals surface area contributed by atoms with Gasteiger partial charge in [0.25, 0.3) is 0 Å². The van der Waals surface area contributed by atoms with Crippen LogP contribution in [-0.2, 0) is 11.3 Å². The first-order valence-electron chi connectivity index (χ1n) is 9.31. The Bertz CT molecular complexity index is 869. The second-order valence-electron chi connectivity index (χ2n) is 6.74. The van der Waals surface area contributed by atoms with Gasteiger partial charge in [-0.25, -0.2) is 4.79 Å². The molecular weight excluding hydrogens is 374 g/mol. The van der Waals surface area contributed by atoms with E-state index in [4.69, 9.17) is 14.2 Å². The maximum atomic E-state index is 12.4. The number of benzene rings is 2. The van der Waals surface area contributed by atoms with Crippen LogP contribution in [0.4, 0.5) is 10.5 Å². The number of hydrogen-bond donors (Lipinski definition) is 2. The minimum atomic E-state index is -0.601. The molecule has 1 aliphatic heterocycles. The first-order chi connectivity index (χ1) is 14.0. The Labute approximate surface area is 169 Å². The molecule has 154 valence electrons. The molecule has 8 nitrogen and oxygen atoms in total. The van der Waals surface area contributed by atoms with Crippen molar-refractivity contribution in [3.8, 4) is 17.2 Å². The number of anilines is 1. The molecule has 1 aliphatic rings. The Balaban J connectivity index is 1.52. The van der Waals surface area contributed by atoms with Gasteiger partial charge in [0.1, 0.15) is 19.0 Å². The van der Waals surface area contributed by atoms with Crippen LogP contribution in [0.3, 0.4) is 0 Å². The molecule has 1 atom stereocenters. The molecule has 3 rings (SSSR count). The molecule has 29 heavy (non-hydrogen) atoms. The minimum Gasteiger partial charge on any atom is -0.497 e. The topological polar surface area (TPSA) is 89.1 Å². The first kappa shape index (κ1) is 20.5. The lowest BCUT2D eigenvalue weighted by atomic mass is 10.2. The van der Waals surface area contributed by atoms with Crippen molar-refractivity contribution in [3.63, 3.8) is 0 Å². The van der Waals surface area contributed by atoms with E-state index < -0.39 is 18.0 Å². The van der Waals surface area contributed by atoms with Gasteiger partial charge in [0.15, 0.2) is 11.5 Å². The van der Waals surface area contributed by atoms with E-state index in [1.54, 1.807) is 32.2 Å². The van der Waals surface area contributed by atoms with E-state index in [0.29, 0.717) is 36.9 Å². The van der Waals surface area contributed by atoms with Gasteiger partial charge in [0.05, 0.1) is 13.2 Å². The van der Waals surface area contributed by atoms with Gasteiger partial charge in [-0.3, -0.25) is 15.0 Å². The number of carbonyl (C=O) groups excluding carboxylic acids is 2. The highest BCUT2D eigenvalue weighted by atomic mass is 16.6. The lowest BCUT2D eigenvalue weighted by Crippen LogP contribution is -2.46. The zero-order chi connectivity index (χ0) is 20.8. The highest BCUT2D eigenvalue weighted by Crippen LogP contribution is 2.32. The Morgan fingerprint density at radius 3 is 2.48 bits per heavy atom. The number of likely N-dealkylation sites (N-methyl/N-ethyl adjacent to an activating group) is 1. The maximum absolute atomic E-state index is 12.4. The fourth-order valence-electron chi connectivity index (χ4n) is 2.86. The van der Waals surface area contributed by atoms with E-state index >= 15 is 0 Å². The Hall–Kier alpha value is -3.26. The number of hydrogen-bond acceptors (Lipinski definition) is 6. The lowest BCUT2D eigenvalue weighted by molar-refractivity contribution is -0.124. The van der Waals surface area contributed by atoms with Crippen LogP contribution in [-0.4, -0.2) is 50.3 Å². The van der Waals surface area contributed by atoms with Crippen molar-refractivity contribution in [2.45, 2.75) is 19.5 Å². The molecule has 1 heterocycles. The number of fused-ring (bicyclic) bond motifs is 1. The predicted octanol–water partition coefficient (Wildman–Crippen LogP) is 2.64. The Morgan fingerprint density at radius 1 is 1.10 bits per heavy atom. The normalized spacial score (nSPS) is 13.5. The van der Waals surface area contributed by atoms with Crippen molar-refractivity contribution in [2.75, 3.05) is 32.7 Å². The van der Waals surface area contributed by atoms with Crippen molar-refractivity contribution in [1.29, 1.82) is 0 Å². The summed E-state index contributed by atoms with van der Waals surface area (Å²) in [7, 11) is 3.44. The summed E-state index contributed by atoms with van der Waals surface area (Å²) in [6.45, 7) is 3.26. The van der Waals surface area contributed by atoms with Crippen molar-refractivity contribution >= 4 is 17.6 Å². The summed E-state index contributed by atoms with van der Waals surface area (Å²) in [4.78, 5) is 26.5. The summed E-state index contributed by atoms with van der Waals surface area (Å²) in [5.74, 6) is 1.58. The third-order valence-electron chi connectivity index (χ3n) is 4.67. The monoisotopic (exact) mass is 399 g/mol. The Morgan fingerprint density at radius 2 is 1.79 bits per heavy atom. The van der Waals surface area contributed by atoms with Gasteiger partial charge in [0.2, 0.25) is 5.91 Å². The number of nitrogens with zero attached hydrogens (tertiary/aromatic N) is 1. The summed E-state index contributed by atoms with van der Waals surface area (Å²) >= 11 is 0. The number of imide groups is 1. The molecule has 2 N–H and O–H groups in total.